The standard InChI is InChI=1S/C25H25BrN2O5S2/c1-6-32-18-11-16(26)15(10-17(18)31-5)22-21(24(30)33-7-2)14(4)27-25-28(22)23(29)20(35-25)12-19-13(3)8-9-34-19/h8-12,22H,6-7H2,1-5H3/b20-12+/t22-/m1/s1. The van der Waals surface area contributed by atoms with Crippen molar-refractivity contribution in [3.05, 3.63) is 75.0 Å². The Balaban J connectivity index is 2.01. The van der Waals surface area contributed by atoms with Crippen LogP contribution in [-0.4, -0.2) is 30.9 Å². The minimum Gasteiger partial charge on any atom is -0.493 e. The van der Waals surface area contributed by atoms with Crippen molar-refractivity contribution < 1.29 is 19.0 Å². The smallest absolute Gasteiger partial charge is 0.338 e. The molecule has 0 unspecified atom stereocenters. The first-order valence-electron chi connectivity index (χ1n) is 11.0. The van der Waals surface area contributed by atoms with Crippen LogP contribution in [-0.2, 0) is 9.53 Å². The number of esters is 1. The molecule has 1 aliphatic heterocycles. The molecule has 1 aromatic carbocycles. The van der Waals surface area contributed by atoms with E-state index in [4.69, 9.17) is 14.2 Å². The van der Waals surface area contributed by atoms with Crippen LogP contribution in [0.1, 0.15) is 42.8 Å². The van der Waals surface area contributed by atoms with Crippen LogP contribution in [0.25, 0.3) is 6.08 Å². The molecule has 0 amide bonds. The third-order valence-electron chi connectivity index (χ3n) is 5.56. The van der Waals surface area contributed by atoms with E-state index in [1.54, 1.807) is 49.0 Å². The first-order valence-corrected chi connectivity index (χ1v) is 13.5. The van der Waals surface area contributed by atoms with E-state index in [1.807, 2.05) is 31.4 Å². The van der Waals surface area contributed by atoms with Crippen LogP contribution < -0.4 is 24.4 Å². The molecule has 0 saturated heterocycles. The van der Waals surface area contributed by atoms with Crippen molar-refractivity contribution in [2.75, 3.05) is 20.3 Å². The van der Waals surface area contributed by atoms with Gasteiger partial charge in [0.2, 0.25) is 0 Å². The lowest BCUT2D eigenvalue weighted by molar-refractivity contribution is -0.139. The van der Waals surface area contributed by atoms with E-state index >= 15 is 0 Å². The third kappa shape index (κ3) is 4.74. The highest BCUT2D eigenvalue weighted by atomic mass is 79.9. The number of ether oxygens (including phenoxy) is 3. The average Bonchev–Trinajstić information content (AvgIpc) is 3.36. The van der Waals surface area contributed by atoms with Crippen LogP contribution in [0.3, 0.4) is 0 Å². The van der Waals surface area contributed by atoms with Gasteiger partial charge < -0.3 is 14.2 Å². The molecule has 1 aliphatic rings. The summed E-state index contributed by atoms with van der Waals surface area (Å²) in [5, 5.41) is 1.99. The van der Waals surface area contributed by atoms with Gasteiger partial charge in [-0.15, -0.1) is 11.3 Å². The van der Waals surface area contributed by atoms with Gasteiger partial charge in [-0.25, -0.2) is 9.79 Å². The fourth-order valence-corrected chi connectivity index (χ4v) is 6.43. The molecule has 10 heteroatoms. The minimum absolute atomic E-state index is 0.207. The zero-order valence-corrected chi connectivity index (χ0v) is 23.2. The summed E-state index contributed by atoms with van der Waals surface area (Å²) in [5.74, 6) is 0.547. The fraction of sp³-hybridized carbons (Fsp3) is 0.320. The summed E-state index contributed by atoms with van der Waals surface area (Å²) >= 11 is 6.51. The van der Waals surface area contributed by atoms with Crippen LogP contribution in [0.2, 0.25) is 0 Å². The number of carbonyl (C=O) groups is 1. The Morgan fingerprint density at radius 3 is 2.63 bits per heavy atom. The predicted octanol–water partition coefficient (Wildman–Crippen LogP) is 4.34. The molecule has 1 atom stereocenters. The SMILES string of the molecule is CCOC(=O)C1=C(C)N=c2s/c(=C/c3sccc3C)c(=O)n2[C@@H]1c1cc(OC)c(OCC)cc1Br. The van der Waals surface area contributed by atoms with Crippen LogP contribution in [0.15, 0.2) is 49.1 Å². The number of thiophene rings is 1. The van der Waals surface area contributed by atoms with E-state index < -0.39 is 12.0 Å². The van der Waals surface area contributed by atoms with Crippen molar-refractivity contribution in [2.24, 2.45) is 4.99 Å². The summed E-state index contributed by atoms with van der Waals surface area (Å²) in [6.07, 6.45) is 1.89. The molecule has 0 fully saturated rings. The maximum Gasteiger partial charge on any atom is 0.338 e. The lowest BCUT2D eigenvalue weighted by Crippen LogP contribution is -2.40. The molecule has 7 nitrogen and oxygen atoms in total. The number of fused-ring (bicyclic) bond motifs is 1. The monoisotopic (exact) mass is 576 g/mol. The number of nitrogens with zero attached hydrogens (tertiary/aromatic N) is 2. The van der Waals surface area contributed by atoms with Crippen LogP contribution in [0.4, 0.5) is 0 Å². The largest absolute Gasteiger partial charge is 0.493 e. The highest BCUT2D eigenvalue weighted by molar-refractivity contribution is 9.10. The van der Waals surface area contributed by atoms with Gasteiger partial charge in [-0.2, -0.15) is 0 Å². The maximum absolute atomic E-state index is 13.7. The first kappa shape index (κ1) is 25.4. The van der Waals surface area contributed by atoms with Gasteiger partial charge in [-0.05, 0) is 68.5 Å². The summed E-state index contributed by atoms with van der Waals surface area (Å²) < 4.78 is 19.4. The highest BCUT2D eigenvalue weighted by Gasteiger charge is 2.35. The van der Waals surface area contributed by atoms with Gasteiger partial charge in [0.1, 0.15) is 0 Å². The Hall–Kier alpha value is -2.69. The zero-order chi connectivity index (χ0) is 25.3. The van der Waals surface area contributed by atoms with Gasteiger partial charge in [0.15, 0.2) is 16.3 Å². The number of thiazole rings is 1. The van der Waals surface area contributed by atoms with E-state index in [2.05, 4.69) is 20.9 Å². The molecular weight excluding hydrogens is 552 g/mol. The molecule has 3 heterocycles. The molecule has 35 heavy (non-hydrogen) atoms. The Morgan fingerprint density at radius 1 is 1.23 bits per heavy atom. The van der Waals surface area contributed by atoms with Crippen molar-refractivity contribution in [1.29, 1.82) is 0 Å². The van der Waals surface area contributed by atoms with Crippen molar-refractivity contribution in [3.63, 3.8) is 0 Å². The van der Waals surface area contributed by atoms with Gasteiger partial charge in [0, 0.05) is 9.35 Å². The van der Waals surface area contributed by atoms with Crippen LogP contribution >= 0.6 is 38.6 Å². The summed E-state index contributed by atoms with van der Waals surface area (Å²) in [7, 11) is 1.55. The van der Waals surface area contributed by atoms with E-state index in [0.717, 1.165) is 10.4 Å². The van der Waals surface area contributed by atoms with Gasteiger partial charge in [0.25, 0.3) is 5.56 Å². The number of rotatable bonds is 7. The second kappa shape index (κ2) is 10.5. The topological polar surface area (TPSA) is 79.1 Å². The Bertz CT molecular complexity index is 1500. The lowest BCUT2D eigenvalue weighted by Gasteiger charge is -2.26. The van der Waals surface area contributed by atoms with Gasteiger partial charge in [0.05, 0.1) is 42.2 Å². The van der Waals surface area contributed by atoms with Gasteiger partial charge in [-0.1, -0.05) is 27.3 Å². The zero-order valence-electron chi connectivity index (χ0n) is 20.0. The first-order chi connectivity index (χ1) is 16.8. The summed E-state index contributed by atoms with van der Waals surface area (Å²) in [6.45, 7) is 8.08. The van der Waals surface area contributed by atoms with Gasteiger partial charge >= 0.3 is 5.97 Å². The average molecular weight is 578 g/mol. The highest BCUT2D eigenvalue weighted by Crippen LogP contribution is 2.41. The second-order valence-electron chi connectivity index (χ2n) is 7.73. The Kier molecular flexibility index (Phi) is 7.63. The minimum atomic E-state index is -0.754. The summed E-state index contributed by atoms with van der Waals surface area (Å²) in [4.78, 5) is 33.0. The molecule has 184 valence electrons. The molecule has 0 spiro atoms. The molecule has 2 aromatic heterocycles. The van der Waals surface area contributed by atoms with Crippen molar-refractivity contribution in [1.82, 2.24) is 4.57 Å². The normalized spacial score (nSPS) is 15.6. The van der Waals surface area contributed by atoms with Crippen molar-refractivity contribution in [3.8, 4) is 11.5 Å². The molecular formula is C25H25BrN2O5S2. The van der Waals surface area contributed by atoms with E-state index in [1.165, 1.54) is 11.3 Å². The van der Waals surface area contributed by atoms with E-state index in [9.17, 15) is 9.59 Å². The van der Waals surface area contributed by atoms with Crippen LogP contribution in [0, 0.1) is 6.92 Å². The number of methoxy groups -OCH3 is 1. The number of aryl methyl sites for hydroxylation is 1. The van der Waals surface area contributed by atoms with Gasteiger partial charge in [-0.3, -0.25) is 9.36 Å². The molecule has 0 bridgehead atoms. The maximum atomic E-state index is 13.7. The molecule has 0 radical (unpaired) electrons. The molecule has 0 aliphatic carbocycles. The van der Waals surface area contributed by atoms with E-state index in [-0.39, 0.29) is 12.2 Å². The summed E-state index contributed by atoms with van der Waals surface area (Å²) in [5.41, 5.74) is 2.36. The van der Waals surface area contributed by atoms with Crippen LogP contribution in [0.5, 0.6) is 11.5 Å². The molecule has 4 rings (SSSR count). The number of hydrogen-bond acceptors (Lipinski definition) is 8. The number of allylic oxidation sites excluding steroid dienone is 1. The fourth-order valence-electron chi connectivity index (χ4n) is 3.93. The number of aromatic nitrogens is 1. The Labute approximate surface area is 219 Å². The molecule has 0 N–H and O–H groups in total. The second-order valence-corrected chi connectivity index (χ2v) is 10.5. The number of benzene rings is 1. The quantitative estimate of drug-likeness (QED) is 0.391. The Morgan fingerprint density at radius 2 is 2.00 bits per heavy atom. The third-order valence-corrected chi connectivity index (χ3v) is 8.19. The number of hydrogen-bond donors (Lipinski definition) is 0. The number of halogens is 1. The molecule has 0 saturated carbocycles. The molecule has 3 aromatic rings. The predicted molar refractivity (Wildman–Crippen MR) is 141 cm³/mol. The number of carbonyl (C=O) groups excluding carboxylic acids is 1. The van der Waals surface area contributed by atoms with Crippen molar-refractivity contribution in [2.45, 2.75) is 33.7 Å². The van der Waals surface area contributed by atoms with Crippen molar-refractivity contribution >= 4 is 50.6 Å². The summed E-state index contributed by atoms with van der Waals surface area (Å²) in [6, 6.07) is 4.84. The lowest BCUT2D eigenvalue weighted by atomic mass is 9.95. The van der Waals surface area contributed by atoms with E-state index in [0.29, 0.717) is 48.7 Å².